The second-order valence-electron chi connectivity index (χ2n) is 4.78. The van der Waals surface area contributed by atoms with Crippen molar-refractivity contribution in [1.82, 2.24) is 5.32 Å². The first kappa shape index (κ1) is 14.8. The average molecular weight is 392 g/mol. The monoisotopic (exact) mass is 390 g/mol. The molecule has 1 atom stereocenters. The number of ether oxygens (including phenoxy) is 1. The molecule has 1 aliphatic heterocycles. The van der Waals surface area contributed by atoms with Gasteiger partial charge in [0.05, 0.1) is 22.8 Å². The molecule has 1 aromatic carbocycles. The summed E-state index contributed by atoms with van der Waals surface area (Å²) in [5, 5.41) is 6.19. The molecule has 1 amide bonds. The standard InChI is InChI=1S/C13H16Br2N2O2/c1-13(4-3-5-16-13)12(18)17-10-7-11(19-2)9(15)6-8(10)14/h6-7,16H,3-5H2,1-2H3,(H,17,18). The van der Waals surface area contributed by atoms with Crippen LogP contribution in [0.1, 0.15) is 19.8 Å². The minimum Gasteiger partial charge on any atom is -0.495 e. The van der Waals surface area contributed by atoms with Gasteiger partial charge in [-0.05, 0) is 64.2 Å². The van der Waals surface area contributed by atoms with E-state index in [0.717, 1.165) is 28.3 Å². The molecule has 4 nitrogen and oxygen atoms in total. The van der Waals surface area contributed by atoms with Gasteiger partial charge in [0, 0.05) is 10.5 Å². The maximum atomic E-state index is 12.3. The quantitative estimate of drug-likeness (QED) is 0.830. The van der Waals surface area contributed by atoms with Crippen LogP contribution >= 0.6 is 31.9 Å². The van der Waals surface area contributed by atoms with Gasteiger partial charge in [0.25, 0.3) is 0 Å². The third-order valence-corrected chi connectivity index (χ3v) is 4.64. The van der Waals surface area contributed by atoms with E-state index < -0.39 is 5.54 Å². The highest BCUT2D eigenvalue weighted by atomic mass is 79.9. The number of carbonyl (C=O) groups is 1. The normalized spacial score (nSPS) is 22.3. The largest absolute Gasteiger partial charge is 0.495 e. The van der Waals surface area contributed by atoms with E-state index in [1.807, 2.05) is 13.0 Å². The molecule has 104 valence electrons. The lowest BCUT2D eigenvalue weighted by molar-refractivity contribution is -0.121. The number of benzene rings is 1. The van der Waals surface area contributed by atoms with E-state index in [0.29, 0.717) is 11.4 Å². The Morgan fingerprint density at radius 3 is 2.74 bits per heavy atom. The van der Waals surface area contributed by atoms with Crippen molar-refractivity contribution in [2.24, 2.45) is 0 Å². The minimum absolute atomic E-state index is 0.0184. The predicted octanol–water partition coefficient (Wildman–Crippen LogP) is 3.30. The predicted molar refractivity (Wildman–Crippen MR) is 82.7 cm³/mol. The summed E-state index contributed by atoms with van der Waals surface area (Å²) < 4.78 is 6.89. The summed E-state index contributed by atoms with van der Waals surface area (Å²) in [6.07, 6.45) is 1.87. The van der Waals surface area contributed by atoms with E-state index in [1.54, 1.807) is 13.2 Å². The van der Waals surface area contributed by atoms with E-state index in [2.05, 4.69) is 42.5 Å². The molecule has 2 rings (SSSR count). The summed E-state index contributed by atoms with van der Waals surface area (Å²) in [5.41, 5.74) is 0.222. The second-order valence-corrected chi connectivity index (χ2v) is 6.49. The molecular formula is C13H16Br2N2O2. The van der Waals surface area contributed by atoms with E-state index in [9.17, 15) is 4.79 Å². The Bertz CT molecular complexity index is 500. The minimum atomic E-state index is -0.486. The molecule has 0 radical (unpaired) electrons. The highest BCUT2D eigenvalue weighted by Gasteiger charge is 2.36. The molecule has 1 aliphatic rings. The molecule has 0 saturated carbocycles. The van der Waals surface area contributed by atoms with Crippen LogP contribution in [0.2, 0.25) is 0 Å². The third kappa shape index (κ3) is 3.12. The fraction of sp³-hybridized carbons (Fsp3) is 0.462. The van der Waals surface area contributed by atoms with Crippen LogP contribution in [0.4, 0.5) is 5.69 Å². The highest BCUT2D eigenvalue weighted by Crippen LogP contribution is 2.35. The summed E-state index contributed by atoms with van der Waals surface area (Å²) in [7, 11) is 1.60. The number of carbonyl (C=O) groups excluding carboxylic acids is 1. The van der Waals surface area contributed by atoms with Crippen LogP contribution in [-0.4, -0.2) is 25.1 Å². The number of rotatable bonds is 3. The van der Waals surface area contributed by atoms with Crippen molar-refractivity contribution in [3.05, 3.63) is 21.1 Å². The number of amides is 1. The lowest BCUT2D eigenvalue weighted by atomic mass is 9.99. The van der Waals surface area contributed by atoms with Gasteiger partial charge < -0.3 is 15.4 Å². The fourth-order valence-corrected chi connectivity index (χ4v) is 3.38. The zero-order chi connectivity index (χ0) is 14.0. The zero-order valence-corrected chi connectivity index (χ0v) is 14.0. The Morgan fingerprint density at radius 1 is 1.42 bits per heavy atom. The van der Waals surface area contributed by atoms with Gasteiger partial charge in [-0.1, -0.05) is 0 Å². The maximum Gasteiger partial charge on any atom is 0.244 e. The van der Waals surface area contributed by atoms with Crippen LogP contribution in [0.15, 0.2) is 21.1 Å². The van der Waals surface area contributed by atoms with Crippen molar-refractivity contribution in [3.63, 3.8) is 0 Å². The Kier molecular flexibility index (Phi) is 4.53. The van der Waals surface area contributed by atoms with Crippen LogP contribution in [0.25, 0.3) is 0 Å². The molecule has 0 aliphatic carbocycles. The Balaban J connectivity index is 2.21. The van der Waals surface area contributed by atoms with Crippen molar-refractivity contribution in [3.8, 4) is 5.75 Å². The summed E-state index contributed by atoms with van der Waals surface area (Å²) in [6, 6.07) is 3.66. The highest BCUT2D eigenvalue weighted by molar-refractivity contribution is 9.11. The van der Waals surface area contributed by atoms with Crippen molar-refractivity contribution in [1.29, 1.82) is 0 Å². The van der Waals surface area contributed by atoms with Crippen molar-refractivity contribution in [2.75, 3.05) is 19.0 Å². The molecule has 19 heavy (non-hydrogen) atoms. The lowest BCUT2D eigenvalue weighted by Crippen LogP contribution is -2.48. The van der Waals surface area contributed by atoms with Crippen LogP contribution < -0.4 is 15.4 Å². The van der Waals surface area contributed by atoms with Crippen LogP contribution in [0, 0.1) is 0 Å². The Hall–Kier alpha value is -0.590. The molecular weight excluding hydrogens is 376 g/mol. The van der Waals surface area contributed by atoms with E-state index in [-0.39, 0.29) is 5.91 Å². The molecule has 0 aromatic heterocycles. The van der Waals surface area contributed by atoms with Crippen LogP contribution in [0.5, 0.6) is 5.75 Å². The molecule has 0 spiro atoms. The van der Waals surface area contributed by atoms with Crippen LogP contribution in [0.3, 0.4) is 0 Å². The van der Waals surface area contributed by atoms with Gasteiger partial charge in [0.15, 0.2) is 0 Å². The van der Waals surface area contributed by atoms with Gasteiger partial charge in [-0.2, -0.15) is 0 Å². The smallest absolute Gasteiger partial charge is 0.244 e. The summed E-state index contributed by atoms with van der Waals surface area (Å²) in [4.78, 5) is 12.3. The second kappa shape index (κ2) is 5.81. The molecule has 1 fully saturated rings. The molecule has 1 unspecified atom stereocenters. The van der Waals surface area contributed by atoms with E-state index in [1.165, 1.54) is 0 Å². The van der Waals surface area contributed by atoms with Gasteiger partial charge in [0.1, 0.15) is 5.75 Å². The molecule has 1 aromatic rings. The zero-order valence-electron chi connectivity index (χ0n) is 10.8. The van der Waals surface area contributed by atoms with Crippen molar-refractivity contribution in [2.45, 2.75) is 25.3 Å². The van der Waals surface area contributed by atoms with Crippen LogP contribution in [-0.2, 0) is 4.79 Å². The summed E-state index contributed by atoms with van der Waals surface area (Å²) in [6.45, 7) is 2.81. The summed E-state index contributed by atoms with van der Waals surface area (Å²) >= 11 is 6.85. The number of methoxy groups -OCH3 is 1. The number of hydrogen-bond acceptors (Lipinski definition) is 3. The third-order valence-electron chi connectivity index (χ3n) is 3.36. The topological polar surface area (TPSA) is 50.4 Å². The Morgan fingerprint density at radius 2 is 2.16 bits per heavy atom. The van der Waals surface area contributed by atoms with Gasteiger partial charge >= 0.3 is 0 Å². The number of halogens is 2. The lowest BCUT2D eigenvalue weighted by Gasteiger charge is -2.23. The first-order valence-electron chi connectivity index (χ1n) is 6.06. The van der Waals surface area contributed by atoms with E-state index in [4.69, 9.17) is 4.74 Å². The van der Waals surface area contributed by atoms with Gasteiger partial charge in [-0.25, -0.2) is 0 Å². The first-order valence-corrected chi connectivity index (χ1v) is 7.64. The molecule has 2 N–H and O–H groups in total. The Labute approximate surface area is 129 Å². The average Bonchev–Trinajstić information content (AvgIpc) is 2.81. The summed E-state index contributed by atoms with van der Waals surface area (Å²) in [5.74, 6) is 0.665. The number of nitrogens with one attached hydrogen (secondary N) is 2. The van der Waals surface area contributed by atoms with Crippen molar-refractivity contribution < 1.29 is 9.53 Å². The molecule has 0 bridgehead atoms. The van der Waals surface area contributed by atoms with E-state index >= 15 is 0 Å². The number of hydrogen-bond donors (Lipinski definition) is 2. The first-order chi connectivity index (χ1) is 8.96. The fourth-order valence-electron chi connectivity index (χ4n) is 2.13. The van der Waals surface area contributed by atoms with Gasteiger partial charge in [0.2, 0.25) is 5.91 Å². The maximum absolute atomic E-state index is 12.3. The van der Waals surface area contributed by atoms with Crippen molar-refractivity contribution >= 4 is 43.5 Å². The molecule has 6 heteroatoms. The molecule has 1 saturated heterocycles. The SMILES string of the molecule is COc1cc(NC(=O)C2(C)CCCN2)c(Br)cc1Br. The van der Waals surface area contributed by atoms with Gasteiger partial charge in [-0.15, -0.1) is 0 Å². The number of anilines is 1. The van der Waals surface area contributed by atoms with Gasteiger partial charge in [-0.3, -0.25) is 4.79 Å². The molecule has 1 heterocycles.